The van der Waals surface area contributed by atoms with Gasteiger partial charge >= 0.3 is 0 Å². The highest BCUT2D eigenvalue weighted by Gasteiger charge is 2.07. The molecule has 1 unspecified atom stereocenters. The van der Waals surface area contributed by atoms with Crippen LogP contribution in [0, 0.1) is 11.8 Å². The van der Waals surface area contributed by atoms with Gasteiger partial charge in [-0.25, -0.2) is 0 Å². The summed E-state index contributed by atoms with van der Waals surface area (Å²) in [7, 11) is 0.866. The van der Waals surface area contributed by atoms with Crippen LogP contribution in [0.5, 0.6) is 0 Å². The first-order valence-electron chi connectivity index (χ1n) is 8.24. The summed E-state index contributed by atoms with van der Waals surface area (Å²) in [6.45, 7) is 9.13. The zero-order chi connectivity index (χ0) is 15.9. The summed E-state index contributed by atoms with van der Waals surface area (Å²) >= 11 is 0. The Morgan fingerprint density at radius 1 is 0.818 bits per heavy atom. The Bertz CT molecular complexity index is 590. The van der Waals surface area contributed by atoms with E-state index >= 15 is 0 Å². The maximum atomic E-state index is 3.68. The molecule has 0 bridgehead atoms. The Kier molecular flexibility index (Phi) is 6.46. The van der Waals surface area contributed by atoms with Crippen LogP contribution in [-0.4, -0.2) is 6.16 Å². The summed E-state index contributed by atoms with van der Waals surface area (Å²) in [5.41, 5.74) is 3.91. The molecule has 0 heterocycles. The van der Waals surface area contributed by atoms with E-state index in [2.05, 4.69) is 81.5 Å². The van der Waals surface area contributed by atoms with Gasteiger partial charge in [0.15, 0.2) is 0 Å². The number of hydrogen-bond acceptors (Lipinski definition) is 1. The molecule has 0 aliphatic rings. The van der Waals surface area contributed by atoms with Crippen LogP contribution in [0.25, 0.3) is 0 Å². The Hall–Kier alpha value is -1.33. The predicted octanol–water partition coefficient (Wildman–Crippen LogP) is 5.59. The summed E-state index contributed by atoms with van der Waals surface area (Å²) in [5.74, 6) is 1.42. The molecule has 0 amide bonds. The first-order valence-corrected chi connectivity index (χ1v) is 9.44. The maximum Gasteiger partial charge on any atom is 0.0459 e. The molecule has 0 fully saturated rings. The standard InChI is InChI=1S/C20H28NP/c1-15(2)13-17-9-5-6-10-18(17)21-19-11-7-8-12-20(19)22-14-16(3)4/h5-12,15-16,21-22H,13-14H2,1-4H3. The first kappa shape index (κ1) is 17.0. The van der Waals surface area contributed by atoms with E-state index in [0.29, 0.717) is 5.92 Å². The Morgan fingerprint density at radius 3 is 2.14 bits per heavy atom. The van der Waals surface area contributed by atoms with Gasteiger partial charge in [0.1, 0.15) is 0 Å². The molecule has 0 radical (unpaired) electrons. The van der Waals surface area contributed by atoms with Crippen LogP contribution < -0.4 is 10.6 Å². The fourth-order valence-corrected chi connectivity index (χ4v) is 3.64. The molecule has 0 saturated carbocycles. The van der Waals surface area contributed by atoms with Crippen molar-refractivity contribution in [1.82, 2.24) is 0 Å². The molecule has 1 nitrogen and oxygen atoms in total. The number of anilines is 2. The third-order valence-electron chi connectivity index (χ3n) is 3.54. The minimum atomic E-state index is 0.668. The van der Waals surface area contributed by atoms with Crippen molar-refractivity contribution in [2.45, 2.75) is 34.1 Å². The van der Waals surface area contributed by atoms with Crippen LogP contribution in [0.3, 0.4) is 0 Å². The number of nitrogens with one attached hydrogen (secondary N) is 1. The summed E-state index contributed by atoms with van der Waals surface area (Å²) in [4.78, 5) is 0. The lowest BCUT2D eigenvalue weighted by Gasteiger charge is -2.17. The second kappa shape index (κ2) is 8.34. The molecule has 0 saturated heterocycles. The van der Waals surface area contributed by atoms with Gasteiger partial charge in [-0.1, -0.05) is 72.7 Å². The summed E-state index contributed by atoms with van der Waals surface area (Å²) in [5, 5.41) is 5.12. The van der Waals surface area contributed by atoms with Gasteiger partial charge in [0, 0.05) is 11.4 Å². The van der Waals surface area contributed by atoms with Crippen molar-refractivity contribution in [2.24, 2.45) is 11.8 Å². The van der Waals surface area contributed by atoms with Crippen LogP contribution >= 0.6 is 8.58 Å². The molecule has 0 aliphatic carbocycles. The molecular weight excluding hydrogens is 285 g/mol. The topological polar surface area (TPSA) is 12.0 Å². The van der Waals surface area contributed by atoms with Crippen LogP contribution in [-0.2, 0) is 6.42 Å². The number of rotatable bonds is 7. The van der Waals surface area contributed by atoms with Gasteiger partial charge in [-0.15, -0.1) is 0 Å². The van der Waals surface area contributed by atoms with Crippen molar-refractivity contribution in [1.29, 1.82) is 0 Å². The molecule has 2 heteroatoms. The average molecular weight is 313 g/mol. The smallest absolute Gasteiger partial charge is 0.0459 e. The van der Waals surface area contributed by atoms with E-state index in [0.717, 1.165) is 20.9 Å². The Morgan fingerprint density at radius 2 is 1.45 bits per heavy atom. The van der Waals surface area contributed by atoms with E-state index in [1.54, 1.807) is 0 Å². The van der Waals surface area contributed by atoms with Crippen molar-refractivity contribution in [2.75, 3.05) is 11.5 Å². The van der Waals surface area contributed by atoms with Crippen molar-refractivity contribution in [3.63, 3.8) is 0 Å². The SMILES string of the molecule is CC(C)CPc1ccccc1Nc1ccccc1CC(C)C. The highest BCUT2D eigenvalue weighted by molar-refractivity contribution is 7.47. The van der Waals surface area contributed by atoms with Gasteiger partial charge in [0.05, 0.1) is 0 Å². The molecule has 118 valence electrons. The van der Waals surface area contributed by atoms with E-state index < -0.39 is 0 Å². The fraction of sp³-hybridized carbons (Fsp3) is 0.400. The molecule has 22 heavy (non-hydrogen) atoms. The lowest BCUT2D eigenvalue weighted by molar-refractivity contribution is 0.648. The third-order valence-corrected chi connectivity index (χ3v) is 5.38. The Labute approximate surface area is 137 Å². The number of benzene rings is 2. The fourth-order valence-electron chi connectivity index (χ4n) is 2.47. The molecule has 1 atom stereocenters. The van der Waals surface area contributed by atoms with E-state index in [4.69, 9.17) is 0 Å². The molecule has 2 aromatic rings. The molecule has 0 aromatic heterocycles. The van der Waals surface area contributed by atoms with Gasteiger partial charge in [-0.05, 0) is 47.4 Å². The highest BCUT2D eigenvalue weighted by atomic mass is 31.1. The number of hydrogen-bond donors (Lipinski definition) is 1. The minimum absolute atomic E-state index is 0.668. The second-order valence-electron chi connectivity index (χ2n) is 6.70. The van der Waals surface area contributed by atoms with Crippen LogP contribution in [0.1, 0.15) is 33.3 Å². The van der Waals surface area contributed by atoms with Crippen molar-refractivity contribution in [3.8, 4) is 0 Å². The molecule has 1 N–H and O–H groups in total. The van der Waals surface area contributed by atoms with Gasteiger partial charge in [0.25, 0.3) is 0 Å². The van der Waals surface area contributed by atoms with Crippen LogP contribution in [0.4, 0.5) is 11.4 Å². The molecule has 2 aromatic carbocycles. The van der Waals surface area contributed by atoms with Crippen molar-refractivity contribution < 1.29 is 0 Å². The lowest BCUT2D eigenvalue weighted by Crippen LogP contribution is -2.08. The zero-order valence-corrected chi connectivity index (χ0v) is 15.2. The first-order chi connectivity index (χ1) is 10.6. The van der Waals surface area contributed by atoms with Gasteiger partial charge in [-0.2, -0.15) is 0 Å². The van der Waals surface area contributed by atoms with Crippen LogP contribution in [0.15, 0.2) is 48.5 Å². The minimum Gasteiger partial charge on any atom is -0.355 e. The highest BCUT2D eigenvalue weighted by Crippen LogP contribution is 2.26. The van der Waals surface area contributed by atoms with Gasteiger partial charge in [0.2, 0.25) is 0 Å². The molecule has 0 aliphatic heterocycles. The largest absolute Gasteiger partial charge is 0.355 e. The molecule has 0 spiro atoms. The maximum absolute atomic E-state index is 3.68. The normalized spacial score (nSPS) is 11.7. The average Bonchev–Trinajstić information content (AvgIpc) is 2.48. The zero-order valence-electron chi connectivity index (χ0n) is 14.2. The Balaban J connectivity index is 2.20. The lowest BCUT2D eigenvalue weighted by atomic mass is 10.0. The van der Waals surface area contributed by atoms with Gasteiger partial charge < -0.3 is 5.32 Å². The second-order valence-corrected chi connectivity index (χ2v) is 8.00. The number of para-hydroxylation sites is 2. The predicted molar refractivity (Wildman–Crippen MR) is 102 cm³/mol. The summed E-state index contributed by atoms with van der Waals surface area (Å²) in [6.07, 6.45) is 2.37. The molecular formula is C20H28NP. The van der Waals surface area contributed by atoms with Crippen molar-refractivity contribution in [3.05, 3.63) is 54.1 Å². The van der Waals surface area contributed by atoms with E-state index in [-0.39, 0.29) is 0 Å². The van der Waals surface area contributed by atoms with E-state index in [1.807, 2.05) is 0 Å². The molecule has 2 rings (SSSR count). The summed E-state index contributed by atoms with van der Waals surface area (Å²) in [6, 6.07) is 17.4. The van der Waals surface area contributed by atoms with Crippen LogP contribution in [0.2, 0.25) is 0 Å². The summed E-state index contributed by atoms with van der Waals surface area (Å²) < 4.78 is 0. The van der Waals surface area contributed by atoms with Gasteiger partial charge in [-0.3, -0.25) is 0 Å². The van der Waals surface area contributed by atoms with Crippen molar-refractivity contribution >= 4 is 25.3 Å². The van der Waals surface area contributed by atoms with E-state index in [9.17, 15) is 0 Å². The quantitative estimate of drug-likeness (QED) is 0.657. The third kappa shape index (κ3) is 5.14. The van der Waals surface area contributed by atoms with E-state index in [1.165, 1.54) is 28.4 Å². The monoisotopic (exact) mass is 313 g/mol.